The van der Waals surface area contributed by atoms with Crippen LogP contribution in [0.2, 0.25) is 5.02 Å². The Bertz CT molecular complexity index is 2010. The maximum Gasteiger partial charge on any atom is 0.241 e. The zero-order valence-electron chi connectivity index (χ0n) is 30.7. The number of ether oxygens (including phenoxy) is 3. The van der Waals surface area contributed by atoms with Crippen LogP contribution in [0.1, 0.15) is 70.5 Å². The third-order valence-electron chi connectivity index (χ3n) is 9.41. The van der Waals surface area contributed by atoms with Crippen molar-refractivity contribution in [2.75, 3.05) is 56.9 Å². The van der Waals surface area contributed by atoms with Crippen LogP contribution in [0.4, 0.5) is 5.69 Å². The number of aliphatic imine (C=N–C) groups is 1. The van der Waals surface area contributed by atoms with Gasteiger partial charge in [0.1, 0.15) is 35.1 Å². The summed E-state index contributed by atoms with van der Waals surface area (Å²) in [5.74, 6) is 1.60. The molecule has 2 aliphatic rings. The number of carbonyl (C=O) groups excluding carboxylic acids is 3. The second-order valence-corrected chi connectivity index (χ2v) is 15.1. The van der Waals surface area contributed by atoms with Gasteiger partial charge < -0.3 is 24.4 Å². The van der Waals surface area contributed by atoms with E-state index in [0.29, 0.717) is 69.0 Å². The van der Waals surface area contributed by atoms with Crippen LogP contribution in [0, 0.1) is 20.8 Å². The number of alkyl halides is 1. The fourth-order valence-electron chi connectivity index (χ4n) is 6.57. The van der Waals surface area contributed by atoms with Gasteiger partial charge in [0.05, 0.1) is 32.0 Å². The number of halogens is 2. The summed E-state index contributed by atoms with van der Waals surface area (Å²) in [5.41, 5.74) is 5.73. The predicted molar refractivity (Wildman–Crippen MR) is 210 cm³/mol. The molecule has 4 heterocycles. The molecule has 4 aromatic rings. The van der Waals surface area contributed by atoms with Crippen molar-refractivity contribution in [2.45, 2.75) is 58.9 Å². The Morgan fingerprint density at radius 2 is 1.78 bits per heavy atom. The average Bonchev–Trinajstić information content (AvgIpc) is 3.65. The van der Waals surface area contributed by atoms with Gasteiger partial charge in [-0.2, -0.15) is 0 Å². The summed E-state index contributed by atoms with van der Waals surface area (Å²) >= 11 is 13.6. The van der Waals surface area contributed by atoms with Gasteiger partial charge in [-0.25, -0.2) is 0 Å². The van der Waals surface area contributed by atoms with E-state index in [9.17, 15) is 14.4 Å². The molecule has 54 heavy (non-hydrogen) atoms. The van der Waals surface area contributed by atoms with Crippen LogP contribution >= 0.6 is 34.5 Å². The minimum atomic E-state index is -0.548. The van der Waals surface area contributed by atoms with Crippen molar-refractivity contribution in [1.82, 2.24) is 20.1 Å². The molecule has 2 aromatic heterocycles. The van der Waals surface area contributed by atoms with Gasteiger partial charge in [0.25, 0.3) is 0 Å². The third kappa shape index (κ3) is 9.38. The second kappa shape index (κ2) is 18.5. The van der Waals surface area contributed by atoms with E-state index in [1.54, 1.807) is 22.3 Å². The molecule has 0 spiro atoms. The van der Waals surface area contributed by atoms with E-state index in [1.165, 1.54) is 4.88 Å². The Morgan fingerprint density at radius 3 is 2.56 bits per heavy atom. The van der Waals surface area contributed by atoms with E-state index in [2.05, 4.69) is 29.4 Å². The molecule has 15 heteroatoms. The van der Waals surface area contributed by atoms with Crippen molar-refractivity contribution in [3.8, 4) is 10.8 Å². The number of aryl methyl sites for hydroxylation is 3. The summed E-state index contributed by atoms with van der Waals surface area (Å²) in [5, 5.41) is 13.4. The molecule has 0 radical (unpaired) electrons. The SMILES string of the molecule is Cc1sc2c(c1C)C(c1ccc(Cl)cc1)=N[C@@H](CC(=O)NCCOCCOCCCC(=O)COc1ccc3c(c1)CCCN3C(=O)CCl)c1nnc(C)n1-2. The lowest BCUT2D eigenvalue weighted by Crippen LogP contribution is -2.36. The normalized spacial score (nSPS) is 14.8. The molecule has 0 fully saturated rings. The number of Topliss-reactive ketones (excluding diaryl/α,β-unsaturated/α-hetero) is 1. The zero-order valence-corrected chi connectivity index (χ0v) is 33.0. The summed E-state index contributed by atoms with van der Waals surface area (Å²) in [6.45, 7) is 8.53. The minimum Gasteiger partial charge on any atom is -0.486 e. The van der Waals surface area contributed by atoms with Crippen molar-refractivity contribution < 1.29 is 28.6 Å². The van der Waals surface area contributed by atoms with Crippen LogP contribution < -0.4 is 15.0 Å². The molecule has 6 rings (SSSR count). The van der Waals surface area contributed by atoms with Crippen LogP contribution in [0.3, 0.4) is 0 Å². The molecule has 286 valence electrons. The Balaban J connectivity index is 0.892. The van der Waals surface area contributed by atoms with E-state index in [0.717, 1.165) is 57.3 Å². The highest BCUT2D eigenvalue weighted by Crippen LogP contribution is 2.39. The van der Waals surface area contributed by atoms with Crippen LogP contribution in [-0.4, -0.2) is 90.1 Å². The smallest absolute Gasteiger partial charge is 0.241 e. The van der Waals surface area contributed by atoms with Crippen molar-refractivity contribution >= 4 is 63.5 Å². The quantitative estimate of drug-likeness (QED) is 0.0974. The van der Waals surface area contributed by atoms with Gasteiger partial charge >= 0.3 is 0 Å². The zero-order chi connectivity index (χ0) is 38.2. The Hall–Kier alpha value is -4.14. The molecule has 0 aliphatic carbocycles. The number of aromatic nitrogens is 3. The molecule has 2 amide bonds. The predicted octanol–water partition coefficient (Wildman–Crippen LogP) is 6.29. The summed E-state index contributed by atoms with van der Waals surface area (Å²) in [6.07, 6.45) is 2.70. The van der Waals surface area contributed by atoms with E-state index in [4.69, 9.17) is 42.4 Å². The number of amides is 2. The molecule has 0 unspecified atom stereocenters. The number of hydrogen-bond donors (Lipinski definition) is 1. The molecule has 1 N–H and O–H groups in total. The molecule has 0 saturated carbocycles. The number of rotatable bonds is 17. The van der Waals surface area contributed by atoms with Crippen LogP contribution in [0.15, 0.2) is 47.5 Å². The molecule has 12 nitrogen and oxygen atoms in total. The number of carbonyl (C=O) groups is 3. The molecule has 2 aromatic carbocycles. The van der Waals surface area contributed by atoms with Gasteiger partial charge in [0.15, 0.2) is 11.6 Å². The molecule has 0 bridgehead atoms. The highest BCUT2D eigenvalue weighted by atomic mass is 35.5. The maximum absolute atomic E-state index is 13.2. The number of nitrogens with zero attached hydrogens (tertiary/aromatic N) is 5. The highest BCUT2D eigenvalue weighted by molar-refractivity contribution is 7.15. The Labute approximate surface area is 328 Å². The van der Waals surface area contributed by atoms with Gasteiger partial charge in [-0.1, -0.05) is 23.7 Å². The number of fused-ring (bicyclic) bond motifs is 4. The van der Waals surface area contributed by atoms with Crippen LogP contribution in [0.5, 0.6) is 5.75 Å². The molecule has 1 atom stereocenters. The lowest BCUT2D eigenvalue weighted by molar-refractivity contribution is -0.122. The monoisotopic (exact) mass is 794 g/mol. The highest BCUT2D eigenvalue weighted by Gasteiger charge is 2.32. The van der Waals surface area contributed by atoms with E-state index in [-0.39, 0.29) is 36.5 Å². The number of benzene rings is 2. The van der Waals surface area contributed by atoms with E-state index in [1.807, 2.05) is 47.9 Å². The molecule has 2 aliphatic heterocycles. The van der Waals surface area contributed by atoms with Gasteiger partial charge in [-0.05, 0) is 81.5 Å². The Morgan fingerprint density at radius 1 is 1.00 bits per heavy atom. The third-order valence-corrected chi connectivity index (χ3v) is 11.1. The number of hydrogen-bond acceptors (Lipinski definition) is 10. The first-order valence-electron chi connectivity index (χ1n) is 18.1. The summed E-state index contributed by atoms with van der Waals surface area (Å²) < 4.78 is 19.0. The fourth-order valence-corrected chi connectivity index (χ4v) is 8.05. The molecular weight excluding hydrogens is 751 g/mol. The van der Waals surface area contributed by atoms with Crippen molar-refractivity contribution in [2.24, 2.45) is 4.99 Å². The molecule has 0 saturated heterocycles. The van der Waals surface area contributed by atoms with Gasteiger partial charge in [-0.3, -0.25) is 23.9 Å². The minimum absolute atomic E-state index is 0.0188. The standard InChI is InChI=1S/C39H44Cl2N6O6S/c1-24-25(2)54-39-36(24)37(27-8-10-29(41)11-9-27)43-32(38-45-44-26(3)47(38)39)21-34(49)42-14-17-52-19-18-51-16-5-7-30(48)23-53-31-12-13-33-28(20-31)6-4-15-46(33)35(50)22-40/h8-13,20,32H,4-7,14-19,21-23H2,1-3H3,(H,42,49)/t32-/m0/s1. The van der Waals surface area contributed by atoms with Crippen molar-refractivity contribution in [3.05, 3.63) is 86.3 Å². The maximum atomic E-state index is 13.2. The average molecular weight is 796 g/mol. The lowest BCUT2D eigenvalue weighted by atomic mass is 9.99. The summed E-state index contributed by atoms with van der Waals surface area (Å²) in [4.78, 5) is 45.7. The van der Waals surface area contributed by atoms with Gasteiger partial charge in [-0.15, -0.1) is 33.1 Å². The number of thiophene rings is 1. The van der Waals surface area contributed by atoms with Gasteiger partial charge in [0, 0.05) is 52.8 Å². The first kappa shape index (κ1) is 39.6. The summed E-state index contributed by atoms with van der Waals surface area (Å²) in [6, 6.07) is 12.6. The first-order valence-corrected chi connectivity index (χ1v) is 19.8. The first-order chi connectivity index (χ1) is 26.1. The number of anilines is 1. The molecular formula is C39H44Cl2N6O6S. The number of ketones is 1. The van der Waals surface area contributed by atoms with Gasteiger partial charge in [0.2, 0.25) is 11.8 Å². The van der Waals surface area contributed by atoms with Crippen molar-refractivity contribution in [3.63, 3.8) is 0 Å². The lowest BCUT2D eigenvalue weighted by Gasteiger charge is -2.29. The van der Waals surface area contributed by atoms with E-state index < -0.39 is 6.04 Å². The summed E-state index contributed by atoms with van der Waals surface area (Å²) in [7, 11) is 0. The topological polar surface area (TPSA) is 137 Å². The number of nitrogens with one attached hydrogen (secondary N) is 1. The largest absolute Gasteiger partial charge is 0.486 e. The Kier molecular flexibility index (Phi) is 13.5. The van der Waals surface area contributed by atoms with Crippen LogP contribution in [-0.2, 0) is 30.3 Å². The van der Waals surface area contributed by atoms with Crippen molar-refractivity contribution in [1.29, 1.82) is 0 Å². The van der Waals surface area contributed by atoms with Crippen LogP contribution in [0.25, 0.3) is 5.00 Å². The second-order valence-electron chi connectivity index (χ2n) is 13.2. The fraction of sp³-hybridized carbons (Fsp3) is 0.436. The van der Waals surface area contributed by atoms with E-state index >= 15 is 0 Å².